The predicted molar refractivity (Wildman–Crippen MR) is 45.3 cm³/mol. The molecule has 0 bridgehead atoms. The minimum Gasteiger partial charge on any atom is -0.454 e. The average molecular weight is 184 g/mol. The van der Waals surface area contributed by atoms with E-state index in [0.29, 0.717) is 6.61 Å². The van der Waals surface area contributed by atoms with Crippen LogP contribution in [0.2, 0.25) is 0 Å². The van der Waals surface area contributed by atoms with Gasteiger partial charge >= 0.3 is 5.97 Å². The molecule has 0 aliphatic rings. The van der Waals surface area contributed by atoms with Crippen LogP contribution in [0.1, 0.15) is 17.5 Å². The first-order valence-electron chi connectivity index (χ1n) is 3.93. The van der Waals surface area contributed by atoms with E-state index in [4.69, 9.17) is 9.47 Å². The fourth-order valence-corrected chi connectivity index (χ4v) is 0.884. The Morgan fingerprint density at radius 1 is 1.77 bits per heavy atom. The molecule has 1 unspecified atom stereocenters. The van der Waals surface area contributed by atoms with Gasteiger partial charge in [-0.3, -0.25) is 0 Å². The molecule has 0 aliphatic heterocycles. The molecule has 0 fully saturated rings. The molecule has 1 rings (SSSR count). The quantitative estimate of drug-likeness (QED) is 0.696. The molecule has 0 radical (unpaired) electrons. The summed E-state index contributed by atoms with van der Waals surface area (Å²) in [5.41, 5.74) is 0. The Labute approximate surface area is 76.1 Å². The van der Waals surface area contributed by atoms with Gasteiger partial charge in [-0.1, -0.05) is 0 Å². The van der Waals surface area contributed by atoms with Crippen molar-refractivity contribution in [3.63, 3.8) is 0 Å². The summed E-state index contributed by atoms with van der Waals surface area (Å²) in [5, 5.41) is 0. The van der Waals surface area contributed by atoms with Crippen molar-refractivity contribution in [1.82, 2.24) is 9.97 Å². The van der Waals surface area contributed by atoms with Crippen LogP contribution in [0.5, 0.6) is 0 Å². The summed E-state index contributed by atoms with van der Waals surface area (Å²) in [5.74, 6) is -0.252. The molecule has 0 saturated carbocycles. The number of hydrogen-bond acceptors (Lipinski definition) is 4. The molecular weight excluding hydrogens is 172 g/mol. The van der Waals surface area contributed by atoms with Crippen molar-refractivity contribution in [3.8, 4) is 0 Å². The van der Waals surface area contributed by atoms with Crippen LogP contribution in [0.4, 0.5) is 0 Å². The Balaban J connectivity index is 2.42. The number of methoxy groups -OCH3 is 1. The zero-order valence-corrected chi connectivity index (χ0v) is 7.61. The van der Waals surface area contributed by atoms with Crippen LogP contribution in [0.15, 0.2) is 12.4 Å². The average Bonchev–Trinajstić information content (AvgIpc) is 2.55. The lowest BCUT2D eigenvalue weighted by Gasteiger charge is -2.10. The molecule has 5 heteroatoms. The molecule has 72 valence electrons. The summed E-state index contributed by atoms with van der Waals surface area (Å²) < 4.78 is 9.79. The zero-order valence-electron chi connectivity index (χ0n) is 7.61. The molecule has 5 nitrogen and oxygen atoms in total. The second-order valence-electron chi connectivity index (χ2n) is 2.61. The maximum atomic E-state index is 11.2. The lowest BCUT2D eigenvalue weighted by atomic mass is 10.4. The lowest BCUT2D eigenvalue weighted by molar-refractivity contribution is 0.0109. The van der Waals surface area contributed by atoms with Crippen LogP contribution in [-0.2, 0) is 9.47 Å². The molecule has 1 atom stereocenters. The van der Waals surface area contributed by atoms with Gasteiger partial charge in [-0.05, 0) is 6.92 Å². The van der Waals surface area contributed by atoms with Crippen LogP contribution in [0.3, 0.4) is 0 Å². The molecule has 0 aromatic carbocycles. The zero-order chi connectivity index (χ0) is 9.68. The normalized spacial score (nSPS) is 12.5. The van der Waals surface area contributed by atoms with Gasteiger partial charge in [0.25, 0.3) is 0 Å². The largest absolute Gasteiger partial charge is 0.454 e. The first kappa shape index (κ1) is 9.73. The van der Waals surface area contributed by atoms with E-state index in [2.05, 4.69) is 9.97 Å². The van der Waals surface area contributed by atoms with E-state index in [1.165, 1.54) is 6.20 Å². The number of imidazole rings is 1. The van der Waals surface area contributed by atoms with Crippen LogP contribution in [-0.4, -0.2) is 35.8 Å². The highest BCUT2D eigenvalue weighted by Gasteiger charge is 2.13. The van der Waals surface area contributed by atoms with E-state index in [9.17, 15) is 4.79 Å². The van der Waals surface area contributed by atoms with E-state index >= 15 is 0 Å². The Hall–Kier alpha value is -1.36. The van der Waals surface area contributed by atoms with E-state index in [1.54, 1.807) is 20.2 Å². The molecular formula is C8H12N2O3. The monoisotopic (exact) mass is 184 g/mol. The van der Waals surface area contributed by atoms with E-state index in [1.807, 2.05) is 0 Å². The second-order valence-corrected chi connectivity index (χ2v) is 2.61. The summed E-state index contributed by atoms with van der Waals surface area (Å²) >= 11 is 0. The molecule has 0 spiro atoms. The molecule has 1 N–H and O–H groups in total. The Kier molecular flexibility index (Phi) is 3.45. The minimum absolute atomic E-state index is 0.211. The summed E-state index contributed by atoms with van der Waals surface area (Å²) in [6.07, 6.45) is 2.80. The number of aromatic nitrogens is 2. The van der Waals surface area contributed by atoms with Gasteiger partial charge in [-0.2, -0.15) is 0 Å². The molecule has 1 aromatic heterocycles. The third-order valence-corrected chi connectivity index (χ3v) is 1.40. The van der Waals surface area contributed by atoms with Gasteiger partial charge in [0.15, 0.2) is 0 Å². The molecule has 13 heavy (non-hydrogen) atoms. The van der Waals surface area contributed by atoms with E-state index in [0.717, 1.165) is 0 Å². The summed E-state index contributed by atoms with van der Waals surface area (Å²) in [6.45, 7) is 2.14. The van der Waals surface area contributed by atoms with Crippen molar-refractivity contribution in [2.75, 3.05) is 13.7 Å². The maximum Gasteiger partial charge on any atom is 0.374 e. The SMILES string of the molecule is COCC(C)OC(=O)c1ncc[nH]1. The first-order valence-corrected chi connectivity index (χ1v) is 3.93. The van der Waals surface area contributed by atoms with Crippen LogP contribution in [0, 0.1) is 0 Å². The number of nitrogens with one attached hydrogen (secondary N) is 1. The van der Waals surface area contributed by atoms with Gasteiger partial charge in [0, 0.05) is 19.5 Å². The molecule has 1 heterocycles. The van der Waals surface area contributed by atoms with Crippen molar-refractivity contribution in [2.45, 2.75) is 13.0 Å². The van der Waals surface area contributed by atoms with Crippen molar-refractivity contribution in [3.05, 3.63) is 18.2 Å². The number of aromatic amines is 1. The number of carbonyl (C=O) groups excluding carboxylic acids is 1. The van der Waals surface area contributed by atoms with Gasteiger partial charge in [-0.15, -0.1) is 0 Å². The number of H-pyrrole nitrogens is 1. The summed E-state index contributed by atoms with van der Waals surface area (Å²) in [4.78, 5) is 17.6. The maximum absolute atomic E-state index is 11.2. The smallest absolute Gasteiger partial charge is 0.374 e. The Morgan fingerprint density at radius 3 is 3.08 bits per heavy atom. The van der Waals surface area contributed by atoms with Gasteiger partial charge in [0.05, 0.1) is 6.61 Å². The number of carbonyl (C=O) groups is 1. The fourth-order valence-electron chi connectivity index (χ4n) is 0.884. The second kappa shape index (κ2) is 4.61. The Bertz CT molecular complexity index is 258. The van der Waals surface area contributed by atoms with E-state index in [-0.39, 0.29) is 11.9 Å². The van der Waals surface area contributed by atoms with Gasteiger partial charge in [0.1, 0.15) is 6.10 Å². The van der Waals surface area contributed by atoms with Crippen LogP contribution in [0.25, 0.3) is 0 Å². The lowest BCUT2D eigenvalue weighted by Crippen LogP contribution is -2.20. The van der Waals surface area contributed by atoms with Crippen molar-refractivity contribution in [2.24, 2.45) is 0 Å². The fraction of sp³-hybridized carbons (Fsp3) is 0.500. The molecule has 0 amide bonds. The third kappa shape index (κ3) is 2.87. The number of ether oxygens (including phenoxy) is 2. The van der Waals surface area contributed by atoms with Gasteiger partial charge < -0.3 is 14.5 Å². The van der Waals surface area contributed by atoms with Crippen molar-refractivity contribution >= 4 is 5.97 Å². The van der Waals surface area contributed by atoms with Crippen LogP contribution < -0.4 is 0 Å². The van der Waals surface area contributed by atoms with E-state index < -0.39 is 5.97 Å². The highest BCUT2D eigenvalue weighted by atomic mass is 16.6. The molecule has 0 saturated heterocycles. The molecule has 0 aliphatic carbocycles. The van der Waals surface area contributed by atoms with Crippen molar-refractivity contribution in [1.29, 1.82) is 0 Å². The third-order valence-electron chi connectivity index (χ3n) is 1.40. The van der Waals surface area contributed by atoms with Gasteiger partial charge in [-0.25, -0.2) is 9.78 Å². The number of nitrogens with zero attached hydrogens (tertiary/aromatic N) is 1. The van der Waals surface area contributed by atoms with Gasteiger partial charge in [0.2, 0.25) is 5.82 Å². The summed E-state index contributed by atoms with van der Waals surface area (Å²) in [7, 11) is 1.55. The van der Waals surface area contributed by atoms with Crippen LogP contribution >= 0.6 is 0 Å². The topological polar surface area (TPSA) is 64.2 Å². The highest BCUT2D eigenvalue weighted by molar-refractivity contribution is 5.85. The predicted octanol–water partition coefficient (Wildman–Crippen LogP) is 0.601. The molecule has 1 aromatic rings. The summed E-state index contributed by atoms with van der Waals surface area (Å²) in [6, 6.07) is 0. The highest BCUT2D eigenvalue weighted by Crippen LogP contribution is 1.98. The number of rotatable bonds is 4. The Morgan fingerprint density at radius 2 is 2.54 bits per heavy atom. The number of esters is 1. The standard InChI is InChI=1S/C8H12N2O3/c1-6(5-12-2)13-8(11)7-9-3-4-10-7/h3-4,6H,5H2,1-2H3,(H,9,10). The van der Waals surface area contributed by atoms with Crippen molar-refractivity contribution < 1.29 is 14.3 Å². The minimum atomic E-state index is -0.463. The number of hydrogen-bond donors (Lipinski definition) is 1. The first-order chi connectivity index (χ1) is 6.24.